The van der Waals surface area contributed by atoms with E-state index in [-0.39, 0.29) is 5.97 Å². The lowest BCUT2D eigenvalue weighted by Crippen LogP contribution is -2.60. The molecule has 0 bridgehead atoms. The molecule has 0 aliphatic heterocycles. The number of esters is 1. The number of carbonyl (C=O) groups is 1. The van der Waals surface area contributed by atoms with Crippen LogP contribution in [0.1, 0.15) is 52.9 Å². The number of hydrogen-bond acceptors (Lipinski definition) is 3. The largest absolute Gasteiger partial charge is 0.465 e. The highest BCUT2D eigenvalue weighted by Crippen LogP contribution is 2.40. The molecule has 0 amide bonds. The number of nitrogens with one attached hydrogen (secondary N) is 1. The molecule has 0 saturated heterocycles. The van der Waals surface area contributed by atoms with Crippen LogP contribution in [0.4, 0.5) is 0 Å². The average Bonchev–Trinajstić information content (AvgIpc) is 3.06. The van der Waals surface area contributed by atoms with Gasteiger partial charge in [0.05, 0.1) is 6.61 Å². The van der Waals surface area contributed by atoms with Crippen LogP contribution >= 0.6 is 0 Å². The Morgan fingerprint density at radius 2 is 2.06 bits per heavy atom. The average molecular weight is 239 g/mol. The third-order valence-electron chi connectivity index (χ3n) is 4.31. The molecule has 0 heterocycles. The lowest BCUT2D eigenvalue weighted by atomic mass is 9.70. The van der Waals surface area contributed by atoms with E-state index in [1.807, 2.05) is 6.92 Å². The Bertz CT molecular complexity index is 288. The third-order valence-corrected chi connectivity index (χ3v) is 4.31. The van der Waals surface area contributed by atoms with Gasteiger partial charge in [0.25, 0.3) is 0 Å². The molecule has 0 aromatic carbocycles. The van der Waals surface area contributed by atoms with Crippen molar-refractivity contribution < 1.29 is 9.53 Å². The molecule has 98 valence electrons. The molecule has 0 aromatic heterocycles. The van der Waals surface area contributed by atoms with E-state index < -0.39 is 5.54 Å². The summed E-state index contributed by atoms with van der Waals surface area (Å²) in [6.07, 6.45) is 5.61. The molecule has 0 spiro atoms. The molecule has 2 rings (SSSR count). The van der Waals surface area contributed by atoms with E-state index in [0.717, 1.165) is 25.2 Å². The van der Waals surface area contributed by atoms with E-state index in [9.17, 15) is 4.79 Å². The maximum Gasteiger partial charge on any atom is 0.326 e. The lowest BCUT2D eigenvalue weighted by molar-refractivity contribution is -0.156. The van der Waals surface area contributed by atoms with Gasteiger partial charge in [-0.1, -0.05) is 13.8 Å². The van der Waals surface area contributed by atoms with Gasteiger partial charge in [-0.05, 0) is 50.9 Å². The quantitative estimate of drug-likeness (QED) is 0.766. The second-order valence-electron chi connectivity index (χ2n) is 5.89. The highest BCUT2D eigenvalue weighted by Gasteiger charge is 2.49. The molecule has 2 saturated carbocycles. The molecule has 2 aliphatic rings. The van der Waals surface area contributed by atoms with Crippen molar-refractivity contribution in [1.82, 2.24) is 5.32 Å². The smallest absolute Gasteiger partial charge is 0.326 e. The van der Waals surface area contributed by atoms with E-state index in [1.54, 1.807) is 0 Å². The summed E-state index contributed by atoms with van der Waals surface area (Å²) in [6, 6.07) is 0.551. The Hall–Kier alpha value is -0.570. The summed E-state index contributed by atoms with van der Waals surface area (Å²) in [5.74, 6) is 1.09. The molecule has 17 heavy (non-hydrogen) atoms. The summed E-state index contributed by atoms with van der Waals surface area (Å²) in [5, 5.41) is 3.59. The van der Waals surface area contributed by atoms with Gasteiger partial charge in [0.1, 0.15) is 5.54 Å². The molecule has 3 heteroatoms. The summed E-state index contributed by atoms with van der Waals surface area (Å²) in [6.45, 7) is 6.85. The zero-order chi connectivity index (χ0) is 12.5. The van der Waals surface area contributed by atoms with Crippen LogP contribution in [0.5, 0.6) is 0 Å². The van der Waals surface area contributed by atoms with Crippen LogP contribution in [0, 0.1) is 11.8 Å². The van der Waals surface area contributed by atoms with Gasteiger partial charge in [-0.3, -0.25) is 10.1 Å². The van der Waals surface area contributed by atoms with Gasteiger partial charge in [-0.25, -0.2) is 0 Å². The van der Waals surface area contributed by atoms with Crippen LogP contribution < -0.4 is 5.32 Å². The first-order chi connectivity index (χ1) is 8.08. The number of carbonyl (C=O) groups excluding carboxylic acids is 1. The van der Waals surface area contributed by atoms with Crippen molar-refractivity contribution in [3.63, 3.8) is 0 Å². The van der Waals surface area contributed by atoms with Crippen molar-refractivity contribution in [1.29, 1.82) is 0 Å². The van der Waals surface area contributed by atoms with Crippen LogP contribution in [0.15, 0.2) is 0 Å². The van der Waals surface area contributed by atoms with Gasteiger partial charge in [0.15, 0.2) is 0 Å². The molecular formula is C14H25NO2. The van der Waals surface area contributed by atoms with Crippen molar-refractivity contribution in [2.45, 2.75) is 64.5 Å². The molecule has 3 atom stereocenters. The Kier molecular flexibility index (Phi) is 3.76. The van der Waals surface area contributed by atoms with Crippen molar-refractivity contribution in [3.05, 3.63) is 0 Å². The highest BCUT2D eigenvalue weighted by atomic mass is 16.5. The summed E-state index contributed by atoms with van der Waals surface area (Å²) < 4.78 is 5.32. The second kappa shape index (κ2) is 4.97. The predicted molar refractivity (Wildman–Crippen MR) is 67.7 cm³/mol. The first kappa shape index (κ1) is 12.9. The van der Waals surface area contributed by atoms with Gasteiger partial charge in [-0.2, -0.15) is 0 Å². The minimum atomic E-state index is -0.399. The van der Waals surface area contributed by atoms with Crippen molar-refractivity contribution in [2.75, 3.05) is 6.61 Å². The summed E-state index contributed by atoms with van der Waals surface area (Å²) in [7, 11) is 0. The zero-order valence-corrected chi connectivity index (χ0v) is 11.3. The molecular weight excluding hydrogens is 214 g/mol. The Balaban J connectivity index is 2.12. The number of hydrogen-bond donors (Lipinski definition) is 1. The Labute approximate surface area is 104 Å². The fraction of sp³-hybridized carbons (Fsp3) is 0.929. The van der Waals surface area contributed by atoms with Crippen molar-refractivity contribution >= 4 is 5.97 Å². The molecule has 1 N–H and O–H groups in total. The topological polar surface area (TPSA) is 38.3 Å². The Morgan fingerprint density at radius 1 is 1.35 bits per heavy atom. The monoisotopic (exact) mass is 239 g/mol. The molecule has 2 fully saturated rings. The van der Waals surface area contributed by atoms with E-state index in [1.165, 1.54) is 12.8 Å². The molecule has 3 unspecified atom stereocenters. The summed E-state index contributed by atoms with van der Waals surface area (Å²) in [4.78, 5) is 12.3. The van der Waals surface area contributed by atoms with Crippen LogP contribution in [-0.2, 0) is 9.53 Å². The minimum Gasteiger partial charge on any atom is -0.465 e. The first-order valence-corrected chi connectivity index (χ1v) is 7.03. The third kappa shape index (κ3) is 2.65. The fourth-order valence-corrected chi connectivity index (χ4v) is 3.07. The van der Waals surface area contributed by atoms with Crippen LogP contribution in [0.2, 0.25) is 0 Å². The zero-order valence-electron chi connectivity index (χ0n) is 11.3. The van der Waals surface area contributed by atoms with Gasteiger partial charge >= 0.3 is 5.97 Å². The maximum atomic E-state index is 12.3. The molecule has 0 aromatic rings. The van der Waals surface area contributed by atoms with Gasteiger partial charge in [-0.15, -0.1) is 0 Å². The fourth-order valence-electron chi connectivity index (χ4n) is 3.07. The second-order valence-corrected chi connectivity index (χ2v) is 5.89. The summed E-state index contributed by atoms with van der Waals surface area (Å²) >= 11 is 0. The SMILES string of the molecule is CCOC(=O)C1(NC2CC2)CCC(C)CC1C. The standard InChI is InChI=1S/C14H25NO2/c1-4-17-13(16)14(15-12-5-6-12)8-7-10(2)9-11(14)3/h10-12,15H,4-9H2,1-3H3. The molecule has 2 aliphatic carbocycles. The van der Waals surface area contributed by atoms with E-state index in [4.69, 9.17) is 4.74 Å². The minimum absolute atomic E-state index is 0.0219. The van der Waals surface area contributed by atoms with Crippen LogP contribution in [-0.4, -0.2) is 24.2 Å². The normalized spacial score (nSPS) is 37.8. The summed E-state index contributed by atoms with van der Waals surface area (Å²) in [5.41, 5.74) is -0.399. The van der Waals surface area contributed by atoms with E-state index >= 15 is 0 Å². The Morgan fingerprint density at radius 3 is 2.59 bits per heavy atom. The van der Waals surface area contributed by atoms with Gasteiger partial charge < -0.3 is 4.74 Å². The molecule has 0 radical (unpaired) electrons. The molecule has 3 nitrogen and oxygen atoms in total. The van der Waals surface area contributed by atoms with Gasteiger partial charge in [0, 0.05) is 6.04 Å². The first-order valence-electron chi connectivity index (χ1n) is 7.03. The maximum absolute atomic E-state index is 12.3. The predicted octanol–water partition coefficient (Wildman–Crippen LogP) is 2.50. The lowest BCUT2D eigenvalue weighted by Gasteiger charge is -2.43. The van der Waals surface area contributed by atoms with Crippen molar-refractivity contribution in [3.8, 4) is 0 Å². The van der Waals surface area contributed by atoms with Crippen LogP contribution in [0.3, 0.4) is 0 Å². The van der Waals surface area contributed by atoms with E-state index in [0.29, 0.717) is 18.6 Å². The number of rotatable bonds is 4. The van der Waals surface area contributed by atoms with Gasteiger partial charge in [0.2, 0.25) is 0 Å². The van der Waals surface area contributed by atoms with Crippen LogP contribution in [0.25, 0.3) is 0 Å². The van der Waals surface area contributed by atoms with E-state index in [2.05, 4.69) is 19.2 Å². The highest BCUT2D eigenvalue weighted by molar-refractivity contribution is 5.81. The number of ether oxygens (including phenoxy) is 1. The van der Waals surface area contributed by atoms with Crippen molar-refractivity contribution in [2.24, 2.45) is 11.8 Å².